The van der Waals surface area contributed by atoms with E-state index in [0.29, 0.717) is 45.3 Å². The Kier molecular flexibility index (Phi) is 14.0. The largest absolute Gasteiger partial charge is 0.496 e. The predicted molar refractivity (Wildman–Crippen MR) is 213 cm³/mol. The number of methoxy groups -OCH3 is 8. The SMILES string of the molecule is COc1cc(C(C=Cc2ccc(OC)c(C)c2OC)S(=O)(=O)C(C=Cc2ccc(OC)c(C)c2OC)c2cc(OC)c(OC)cc2[N+](=O)[O-])c([N+](=O)[O-])cc1OC. The van der Waals surface area contributed by atoms with Crippen LogP contribution >= 0.6 is 0 Å². The fraction of sp³-hybridized carbons (Fsp3) is 0.300. The number of sulfone groups is 1. The number of hydrogen-bond acceptors (Lipinski definition) is 14. The summed E-state index contributed by atoms with van der Waals surface area (Å²) in [5, 5.41) is 21.7. The van der Waals surface area contributed by atoms with E-state index < -0.39 is 41.6 Å². The molecule has 16 nitrogen and oxygen atoms in total. The van der Waals surface area contributed by atoms with Gasteiger partial charge in [-0.1, -0.05) is 24.3 Å². The van der Waals surface area contributed by atoms with Gasteiger partial charge >= 0.3 is 0 Å². The van der Waals surface area contributed by atoms with Crippen molar-refractivity contribution in [3.63, 3.8) is 0 Å². The molecule has 0 aromatic heterocycles. The highest BCUT2D eigenvalue weighted by Gasteiger charge is 2.41. The van der Waals surface area contributed by atoms with Crippen LogP contribution in [0.2, 0.25) is 0 Å². The molecule has 2 atom stereocenters. The van der Waals surface area contributed by atoms with Crippen molar-refractivity contribution in [3.8, 4) is 46.0 Å². The number of nitro benzene ring substituents is 2. The number of nitrogens with zero attached hydrogens (tertiary/aromatic N) is 2. The molecule has 0 saturated carbocycles. The van der Waals surface area contributed by atoms with Crippen LogP contribution in [0, 0.1) is 34.1 Å². The lowest BCUT2D eigenvalue weighted by atomic mass is 10.0. The first-order valence-electron chi connectivity index (χ1n) is 17.0. The van der Waals surface area contributed by atoms with Crippen LogP contribution in [-0.2, 0) is 9.84 Å². The highest BCUT2D eigenvalue weighted by molar-refractivity contribution is 7.92. The molecule has 0 spiro atoms. The van der Waals surface area contributed by atoms with Crippen molar-refractivity contribution >= 4 is 33.4 Å². The van der Waals surface area contributed by atoms with Crippen LogP contribution in [0.3, 0.4) is 0 Å². The van der Waals surface area contributed by atoms with Crippen molar-refractivity contribution in [3.05, 3.63) is 114 Å². The van der Waals surface area contributed by atoms with Gasteiger partial charge in [-0.05, 0) is 50.2 Å². The first kappa shape index (κ1) is 43.2. The van der Waals surface area contributed by atoms with Crippen LogP contribution in [0.1, 0.15) is 43.9 Å². The lowest BCUT2D eigenvalue weighted by Crippen LogP contribution is -2.21. The Labute approximate surface area is 330 Å². The minimum absolute atomic E-state index is 0.00722. The summed E-state index contributed by atoms with van der Waals surface area (Å²) in [6.07, 6.45) is 5.37. The topological polar surface area (TPSA) is 194 Å². The molecule has 2 unspecified atom stereocenters. The fourth-order valence-electron chi connectivity index (χ4n) is 6.50. The zero-order valence-electron chi connectivity index (χ0n) is 33.1. The molecule has 0 heterocycles. The van der Waals surface area contributed by atoms with Crippen LogP contribution < -0.4 is 37.9 Å². The minimum Gasteiger partial charge on any atom is -0.496 e. The zero-order valence-corrected chi connectivity index (χ0v) is 33.9. The predicted octanol–water partition coefficient (Wildman–Crippen LogP) is 7.81. The van der Waals surface area contributed by atoms with Crippen molar-refractivity contribution in [2.75, 3.05) is 56.9 Å². The molecule has 0 aliphatic rings. The number of nitro groups is 2. The second kappa shape index (κ2) is 18.4. The van der Waals surface area contributed by atoms with E-state index in [4.69, 9.17) is 37.9 Å². The quantitative estimate of drug-likeness (QED) is 0.0697. The molecule has 0 saturated heterocycles. The van der Waals surface area contributed by atoms with Crippen LogP contribution in [0.25, 0.3) is 12.2 Å². The molecule has 57 heavy (non-hydrogen) atoms. The summed E-state index contributed by atoms with van der Waals surface area (Å²) in [5.41, 5.74) is 0.119. The van der Waals surface area contributed by atoms with E-state index in [-0.39, 0.29) is 34.1 Å². The van der Waals surface area contributed by atoms with Gasteiger partial charge < -0.3 is 37.9 Å². The van der Waals surface area contributed by atoms with E-state index in [2.05, 4.69) is 0 Å². The summed E-state index contributed by atoms with van der Waals surface area (Å²) < 4.78 is 74.9. The van der Waals surface area contributed by atoms with E-state index >= 15 is 8.42 Å². The van der Waals surface area contributed by atoms with Gasteiger partial charge in [0.25, 0.3) is 11.4 Å². The number of rotatable bonds is 18. The van der Waals surface area contributed by atoms with Crippen LogP contribution in [0.15, 0.2) is 60.7 Å². The van der Waals surface area contributed by atoms with Gasteiger partial charge in [0.05, 0.1) is 90.0 Å². The Balaban J connectivity index is 2.18. The van der Waals surface area contributed by atoms with Crippen LogP contribution in [0.4, 0.5) is 11.4 Å². The van der Waals surface area contributed by atoms with Crippen LogP contribution in [-0.4, -0.2) is 75.1 Å². The fourth-order valence-corrected chi connectivity index (χ4v) is 8.49. The molecule has 17 heteroatoms. The first-order valence-corrected chi connectivity index (χ1v) is 18.6. The second-order valence-corrected chi connectivity index (χ2v) is 14.4. The molecule has 4 aromatic carbocycles. The summed E-state index contributed by atoms with van der Waals surface area (Å²) in [6.45, 7) is 3.49. The van der Waals surface area contributed by atoms with E-state index in [1.54, 1.807) is 38.1 Å². The van der Waals surface area contributed by atoms with Crippen molar-refractivity contribution < 1.29 is 56.2 Å². The third kappa shape index (κ3) is 8.67. The van der Waals surface area contributed by atoms with Gasteiger partial charge in [-0.15, -0.1) is 0 Å². The third-order valence-electron chi connectivity index (χ3n) is 9.30. The standard InChI is InChI=1S/C40H44N2O14S/c1-23-31(49-3)15-11-25(39(23)55-9)13-17-37(27-19-33(51-5)35(53-7)21-29(27)41(43)44)57(47,48)38(18-14-26-12-16-32(50-4)24(2)40(26)56-10)28-20-34(52-6)36(54-8)22-30(28)42(45)46/h11-22,37-38H,1-10H3. The molecule has 0 bridgehead atoms. The van der Waals surface area contributed by atoms with E-state index in [1.165, 1.54) is 93.3 Å². The summed E-state index contributed by atoms with van der Waals surface area (Å²) in [4.78, 5) is 23.9. The van der Waals surface area contributed by atoms with Crippen molar-refractivity contribution in [1.29, 1.82) is 0 Å². The third-order valence-corrected chi connectivity index (χ3v) is 11.5. The molecule has 0 aliphatic carbocycles. The molecule has 304 valence electrons. The van der Waals surface area contributed by atoms with E-state index in [1.807, 2.05) is 0 Å². The summed E-state index contributed by atoms with van der Waals surface area (Å²) in [5.74, 6) is 1.61. The average molecular weight is 809 g/mol. The van der Waals surface area contributed by atoms with Crippen molar-refractivity contribution in [2.24, 2.45) is 0 Å². The minimum atomic E-state index is -4.90. The maximum Gasteiger partial charge on any atom is 0.278 e. The lowest BCUT2D eigenvalue weighted by molar-refractivity contribution is -0.385. The van der Waals surface area contributed by atoms with Gasteiger partial charge in [0.2, 0.25) is 0 Å². The summed E-state index contributed by atoms with van der Waals surface area (Å²) in [6, 6.07) is 11.1. The van der Waals surface area contributed by atoms with Gasteiger partial charge in [0.15, 0.2) is 32.8 Å². The lowest BCUT2D eigenvalue weighted by Gasteiger charge is -2.23. The van der Waals surface area contributed by atoms with E-state index in [9.17, 15) is 20.2 Å². The van der Waals surface area contributed by atoms with Gasteiger partial charge in [-0.3, -0.25) is 20.2 Å². The second-order valence-electron chi connectivity index (χ2n) is 12.2. The summed E-state index contributed by atoms with van der Waals surface area (Å²) >= 11 is 0. The van der Waals surface area contributed by atoms with Crippen molar-refractivity contribution in [1.82, 2.24) is 0 Å². The Bertz CT molecular complexity index is 2170. The molecule has 0 amide bonds. The van der Waals surface area contributed by atoms with Crippen LogP contribution in [0.5, 0.6) is 46.0 Å². The molecule has 4 aromatic rings. The Morgan fingerprint density at radius 1 is 0.509 bits per heavy atom. The Morgan fingerprint density at radius 2 is 0.825 bits per heavy atom. The summed E-state index contributed by atoms with van der Waals surface area (Å²) in [7, 11) is 6.07. The number of ether oxygens (including phenoxy) is 8. The maximum absolute atomic E-state index is 15.6. The van der Waals surface area contributed by atoms with Gasteiger partial charge in [0.1, 0.15) is 33.5 Å². The van der Waals surface area contributed by atoms with Gasteiger partial charge in [-0.2, -0.15) is 0 Å². The average Bonchev–Trinajstić information content (AvgIpc) is 3.20. The highest BCUT2D eigenvalue weighted by Crippen LogP contribution is 2.48. The molecule has 0 aliphatic heterocycles. The van der Waals surface area contributed by atoms with Crippen molar-refractivity contribution in [2.45, 2.75) is 24.3 Å². The normalized spacial score (nSPS) is 12.5. The number of benzene rings is 4. The molecular weight excluding hydrogens is 765 g/mol. The first-order chi connectivity index (χ1) is 27.2. The zero-order chi connectivity index (χ0) is 42.2. The monoisotopic (exact) mass is 808 g/mol. The molecule has 4 rings (SSSR count). The maximum atomic E-state index is 15.6. The Hall–Kier alpha value is -6.49. The van der Waals surface area contributed by atoms with Gasteiger partial charge in [-0.25, -0.2) is 8.42 Å². The van der Waals surface area contributed by atoms with Gasteiger partial charge in [0, 0.05) is 22.3 Å². The molecule has 0 fully saturated rings. The highest BCUT2D eigenvalue weighted by atomic mass is 32.2. The molecule has 0 N–H and O–H groups in total. The molecular formula is C40H44N2O14S. The Morgan fingerprint density at radius 3 is 1.11 bits per heavy atom. The smallest absolute Gasteiger partial charge is 0.278 e. The van der Waals surface area contributed by atoms with E-state index in [0.717, 1.165) is 12.1 Å². The number of hydrogen-bond donors (Lipinski definition) is 0. The molecule has 0 radical (unpaired) electrons.